The first-order chi connectivity index (χ1) is 5.57. The molecule has 0 aliphatic rings. The molecule has 1 aromatic rings. The van der Waals surface area contributed by atoms with Crippen molar-refractivity contribution in [2.45, 2.75) is 6.54 Å². The van der Waals surface area contributed by atoms with Gasteiger partial charge >= 0.3 is 0 Å². The van der Waals surface area contributed by atoms with Gasteiger partial charge in [0.25, 0.3) is 0 Å². The van der Waals surface area contributed by atoms with Crippen molar-refractivity contribution < 1.29 is 17.6 Å². The van der Waals surface area contributed by atoms with Crippen LogP contribution in [0.2, 0.25) is 0 Å². The van der Waals surface area contributed by atoms with Crippen molar-refractivity contribution >= 4 is 0 Å². The fraction of sp³-hybridized carbons (Fsp3) is 0.143. The highest BCUT2D eigenvalue weighted by Gasteiger charge is 2.17. The largest absolute Gasteiger partial charge is 0.326 e. The van der Waals surface area contributed by atoms with Gasteiger partial charge in [-0.05, 0) is 0 Å². The summed E-state index contributed by atoms with van der Waals surface area (Å²) in [5.74, 6) is -6.32. The van der Waals surface area contributed by atoms with E-state index in [1.165, 1.54) is 6.07 Å². The molecule has 1 radical (unpaired) electrons. The summed E-state index contributed by atoms with van der Waals surface area (Å²) in [6.07, 6.45) is 0. The zero-order chi connectivity index (χ0) is 9.30. The van der Waals surface area contributed by atoms with Crippen LogP contribution < -0.4 is 5.73 Å². The lowest BCUT2D eigenvalue weighted by Crippen LogP contribution is -2.07. The number of nitrogens with two attached hydrogens (primary N) is 1. The smallest absolute Gasteiger partial charge is 0.195 e. The Hall–Kier alpha value is -1.10. The molecule has 0 aromatic heterocycles. The Bertz CT molecular complexity index is 311. The average molecular weight is 178 g/mol. The average Bonchev–Trinajstić information content (AvgIpc) is 2.01. The predicted molar refractivity (Wildman–Crippen MR) is 33.0 cm³/mol. The summed E-state index contributed by atoms with van der Waals surface area (Å²) in [4.78, 5) is 0. The van der Waals surface area contributed by atoms with Crippen LogP contribution in [0.5, 0.6) is 0 Å². The Morgan fingerprint density at radius 3 is 2.08 bits per heavy atom. The van der Waals surface area contributed by atoms with Gasteiger partial charge in [-0.15, -0.1) is 0 Å². The lowest BCUT2D eigenvalue weighted by molar-refractivity contribution is 0.423. The van der Waals surface area contributed by atoms with Crippen LogP contribution in [0, 0.1) is 29.3 Å². The minimum Gasteiger partial charge on any atom is -0.326 e. The van der Waals surface area contributed by atoms with Crippen molar-refractivity contribution in [3.63, 3.8) is 0 Å². The molecule has 0 saturated heterocycles. The molecule has 5 heteroatoms. The summed E-state index contributed by atoms with van der Waals surface area (Å²) in [5.41, 5.74) is 4.18. The van der Waals surface area contributed by atoms with Crippen LogP contribution >= 0.6 is 0 Å². The molecule has 0 fully saturated rings. The minimum absolute atomic E-state index is 0.536. The second-order valence-corrected chi connectivity index (χ2v) is 2.06. The van der Waals surface area contributed by atoms with Gasteiger partial charge in [-0.25, -0.2) is 17.6 Å². The molecule has 0 aliphatic carbocycles. The van der Waals surface area contributed by atoms with Crippen LogP contribution in [0.3, 0.4) is 0 Å². The zero-order valence-corrected chi connectivity index (χ0v) is 5.80. The number of hydrogen-bond donors (Lipinski definition) is 1. The number of halogens is 4. The molecule has 0 spiro atoms. The summed E-state index contributed by atoms with van der Waals surface area (Å²) in [6, 6.07) is 1.37. The third kappa shape index (κ3) is 1.27. The molecule has 0 heterocycles. The van der Waals surface area contributed by atoms with Crippen LogP contribution in [0.1, 0.15) is 5.56 Å². The molecule has 65 valence electrons. The van der Waals surface area contributed by atoms with E-state index in [2.05, 4.69) is 0 Å². The van der Waals surface area contributed by atoms with Gasteiger partial charge in [-0.2, -0.15) is 0 Å². The molecular weight excluding hydrogens is 174 g/mol. The van der Waals surface area contributed by atoms with E-state index in [4.69, 9.17) is 5.73 Å². The highest BCUT2D eigenvalue weighted by molar-refractivity contribution is 5.20. The summed E-state index contributed by atoms with van der Waals surface area (Å²) in [5, 5.41) is 0. The minimum atomic E-state index is -1.75. The molecule has 1 aromatic carbocycles. The van der Waals surface area contributed by atoms with Crippen LogP contribution in [0.25, 0.3) is 0 Å². The Labute approximate surface area is 65.8 Å². The molecule has 0 atom stereocenters. The summed E-state index contributed by atoms with van der Waals surface area (Å²) >= 11 is 0. The second kappa shape index (κ2) is 3.10. The Kier molecular flexibility index (Phi) is 2.32. The van der Waals surface area contributed by atoms with Crippen molar-refractivity contribution in [2.75, 3.05) is 0 Å². The van der Waals surface area contributed by atoms with E-state index in [9.17, 15) is 17.6 Å². The highest BCUT2D eigenvalue weighted by Crippen LogP contribution is 2.17. The van der Waals surface area contributed by atoms with Gasteiger partial charge in [0, 0.05) is 12.1 Å². The van der Waals surface area contributed by atoms with Crippen molar-refractivity contribution in [1.29, 1.82) is 0 Å². The van der Waals surface area contributed by atoms with Crippen molar-refractivity contribution in [3.05, 3.63) is 34.9 Å². The van der Waals surface area contributed by atoms with Gasteiger partial charge in [0.2, 0.25) is 0 Å². The topological polar surface area (TPSA) is 26.0 Å². The molecule has 0 saturated carbocycles. The summed E-state index contributed by atoms with van der Waals surface area (Å²) in [7, 11) is 0. The molecule has 1 nitrogen and oxygen atoms in total. The maximum Gasteiger partial charge on any atom is 0.195 e. The summed E-state index contributed by atoms with van der Waals surface area (Å²) in [6.45, 7) is -0.536. The van der Waals surface area contributed by atoms with E-state index in [1.807, 2.05) is 0 Å². The maximum atomic E-state index is 12.6. The predicted octanol–water partition coefficient (Wildman–Crippen LogP) is 1.50. The lowest BCUT2D eigenvalue weighted by Gasteiger charge is -2.02. The first-order valence-corrected chi connectivity index (χ1v) is 3.02. The molecule has 12 heavy (non-hydrogen) atoms. The van der Waals surface area contributed by atoms with Gasteiger partial charge in [-0.3, -0.25) is 0 Å². The Morgan fingerprint density at radius 1 is 1.00 bits per heavy atom. The van der Waals surface area contributed by atoms with Gasteiger partial charge in [0.05, 0.1) is 6.07 Å². The second-order valence-electron chi connectivity index (χ2n) is 2.06. The van der Waals surface area contributed by atoms with Crippen LogP contribution in [0.4, 0.5) is 17.6 Å². The first kappa shape index (κ1) is 8.99. The Balaban J connectivity index is 3.40. The van der Waals surface area contributed by atoms with E-state index in [1.54, 1.807) is 0 Å². The van der Waals surface area contributed by atoms with Crippen LogP contribution in [-0.2, 0) is 6.54 Å². The van der Waals surface area contributed by atoms with Gasteiger partial charge in [-0.1, -0.05) is 0 Å². The zero-order valence-electron chi connectivity index (χ0n) is 5.80. The standard InChI is InChI=1S/C7H4F4N/c8-4-1-5(9)7(11)6(10)3(4)2-12/h2,12H2. The van der Waals surface area contributed by atoms with Crippen LogP contribution in [-0.4, -0.2) is 0 Å². The molecule has 0 amide bonds. The molecular formula is C7H4F4N. The molecule has 2 N–H and O–H groups in total. The molecule has 1 rings (SSSR count). The third-order valence-electron chi connectivity index (χ3n) is 1.34. The highest BCUT2D eigenvalue weighted by atomic mass is 19.2. The monoisotopic (exact) mass is 178 g/mol. The van der Waals surface area contributed by atoms with E-state index in [0.29, 0.717) is 0 Å². The molecule has 0 bridgehead atoms. The van der Waals surface area contributed by atoms with Gasteiger partial charge < -0.3 is 5.73 Å². The normalized spacial score (nSPS) is 10.4. The van der Waals surface area contributed by atoms with Crippen LogP contribution in [0.15, 0.2) is 0 Å². The molecule has 0 aliphatic heterocycles. The molecule has 0 unspecified atom stereocenters. The number of rotatable bonds is 1. The van der Waals surface area contributed by atoms with Gasteiger partial charge in [0.1, 0.15) is 5.82 Å². The SMILES string of the molecule is NCc1c(F)[c]c(F)c(F)c1F. The van der Waals surface area contributed by atoms with E-state index in [0.717, 1.165) is 0 Å². The van der Waals surface area contributed by atoms with E-state index < -0.39 is 35.4 Å². The van der Waals surface area contributed by atoms with Crippen molar-refractivity contribution in [3.8, 4) is 0 Å². The maximum absolute atomic E-state index is 12.6. The third-order valence-corrected chi connectivity index (χ3v) is 1.34. The summed E-state index contributed by atoms with van der Waals surface area (Å²) < 4.78 is 49.6. The number of benzene rings is 1. The fourth-order valence-corrected chi connectivity index (χ4v) is 0.731. The lowest BCUT2D eigenvalue weighted by atomic mass is 10.2. The van der Waals surface area contributed by atoms with E-state index in [-0.39, 0.29) is 0 Å². The van der Waals surface area contributed by atoms with E-state index >= 15 is 0 Å². The first-order valence-electron chi connectivity index (χ1n) is 3.02. The van der Waals surface area contributed by atoms with Crippen molar-refractivity contribution in [1.82, 2.24) is 0 Å². The Morgan fingerprint density at radius 2 is 1.58 bits per heavy atom. The number of hydrogen-bond acceptors (Lipinski definition) is 1. The van der Waals surface area contributed by atoms with Crippen molar-refractivity contribution in [2.24, 2.45) is 5.73 Å². The quantitative estimate of drug-likeness (QED) is 0.393. The van der Waals surface area contributed by atoms with Gasteiger partial charge in [0.15, 0.2) is 17.5 Å². The fourth-order valence-electron chi connectivity index (χ4n) is 0.731.